The van der Waals surface area contributed by atoms with Gasteiger partial charge in [-0.2, -0.15) is 0 Å². The monoisotopic (exact) mass is 398 g/mol. The SMILES string of the molecule is C#CCC(C)n1ccnc1Sc1cc(OC)ccc1I. The molecular weight excluding hydrogens is 383 g/mol. The molecule has 0 radical (unpaired) electrons. The highest BCUT2D eigenvalue weighted by molar-refractivity contribution is 14.1. The highest BCUT2D eigenvalue weighted by atomic mass is 127. The molecule has 2 aromatic rings. The van der Waals surface area contributed by atoms with E-state index in [1.165, 1.54) is 3.57 Å². The summed E-state index contributed by atoms with van der Waals surface area (Å²) < 4.78 is 8.56. The van der Waals surface area contributed by atoms with E-state index in [1.807, 2.05) is 30.6 Å². The zero-order valence-corrected chi connectivity index (χ0v) is 14.3. The molecular formula is C15H15IN2OS. The molecule has 20 heavy (non-hydrogen) atoms. The molecule has 0 amide bonds. The fourth-order valence-corrected chi connectivity index (χ4v) is 3.43. The van der Waals surface area contributed by atoms with E-state index in [0.29, 0.717) is 6.42 Å². The highest BCUT2D eigenvalue weighted by Gasteiger charge is 2.12. The van der Waals surface area contributed by atoms with Gasteiger partial charge in [0.2, 0.25) is 0 Å². The summed E-state index contributed by atoms with van der Waals surface area (Å²) in [6, 6.07) is 6.27. The Labute approximate surface area is 137 Å². The number of hydrogen-bond donors (Lipinski definition) is 0. The van der Waals surface area contributed by atoms with Crippen LogP contribution in [0.4, 0.5) is 0 Å². The molecule has 1 heterocycles. The van der Waals surface area contributed by atoms with Crippen molar-refractivity contribution in [2.24, 2.45) is 0 Å². The summed E-state index contributed by atoms with van der Waals surface area (Å²) in [7, 11) is 1.67. The van der Waals surface area contributed by atoms with Gasteiger partial charge in [-0.05, 0) is 47.7 Å². The van der Waals surface area contributed by atoms with E-state index in [9.17, 15) is 0 Å². The van der Waals surface area contributed by atoms with E-state index >= 15 is 0 Å². The van der Waals surface area contributed by atoms with Crippen molar-refractivity contribution < 1.29 is 4.74 Å². The molecule has 0 aliphatic carbocycles. The molecule has 0 fully saturated rings. The van der Waals surface area contributed by atoms with Gasteiger partial charge >= 0.3 is 0 Å². The van der Waals surface area contributed by atoms with Crippen molar-refractivity contribution in [3.63, 3.8) is 0 Å². The van der Waals surface area contributed by atoms with Crippen molar-refractivity contribution >= 4 is 34.4 Å². The summed E-state index contributed by atoms with van der Waals surface area (Å²) in [4.78, 5) is 5.55. The predicted octanol–water partition coefficient (Wildman–Crippen LogP) is 4.23. The van der Waals surface area contributed by atoms with Crippen LogP contribution >= 0.6 is 34.4 Å². The van der Waals surface area contributed by atoms with Crippen molar-refractivity contribution in [1.82, 2.24) is 9.55 Å². The van der Waals surface area contributed by atoms with E-state index < -0.39 is 0 Å². The first-order valence-corrected chi connectivity index (χ1v) is 8.03. The lowest BCUT2D eigenvalue weighted by molar-refractivity contribution is 0.413. The molecule has 3 nitrogen and oxygen atoms in total. The van der Waals surface area contributed by atoms with Crippen molar-refractivity contribution in [3.05, 3.63) is 34.2 Å². The predicted molar refractivity (Wildman–Crippen MR) is 90.2 cm³/mol. The van der Waals surface area contributed by atoms with Gasteiger partial charge in [0, 0.05) is 33.3 Å². The van der Waals surface area contributed by atoms with Crippen molar-refractivity contribution in [2.75, 3.05) is 7.11 Å². The number of aromatic nitrogens is 2. The Morgan fingerprint density at radius 2 is 2.35 bits per heavy atom. The number of rotatable bonds is 5. The molecule has 0 bridgehead atoms. The maximum absolute atomic E-state index is 5.39. The normalized spacial score (nSPS) is 11.9. The number of ether oxygens (including phenoxy) is 1. The zero-order valence-electron chi connectivity index (χ0n) is 11.3. The highest BCUT2D eigenvalue weighted by Crippen LogP contribution is 2.34. The summed E-state index contributed by atoms with van der Waals surface area (Å²) in [5.74, 6) is 3.55. The largest absolute Gasteiger partial charge is 0.497 e. The van der Waals surface area contributed by atoms with Gasteiger partial charge < -0.3 is 9.30 Å². The second-order valence-corrected chi connectivity index (χ2v) is 6.44. The average molecular weight is 398 g/mol. The summed E-state index contributed by atoms with van der Waals surface area (Å²) in [5.41, 5.74) is 0. The lowest BCUT2D eigenvalue weighted by Crippen LogP contribution is -2.04. The molecule has 1 aromatic heterocycles. The Bertz CT molecular complexity index is 633. The number of benzene rings is 1. The molecule has 0 saturated heterocycles. The van der Waals surface area contributed by atoms with Gasteiger partial charge in [-0.3, -0.25) is 0 Å². The van der Waals surface area contributed by atoms with Gasteiger partial charge in [-0.15, -0.1) is 12.3 Å². The summed E-state index contributed by atoms with van der Waals surface area (Å²) >= 11 is 3.95. The first kappa shape index (κ1) is 15.3. The molecule has 0 spiro atoms. The molecule has 104 valence electrons. The third kappa shape index (κ3) is 3.49. The van der Waals surface area contributed by atoms with Crippen LogP contribution in [0.5, 0.6) is 5.75 Å². The standard InChI is InChI=1S/C15H15IN2OS/c1-4-5-11(2)18-9-8-17-15(18)20-14-10-12(19-3)6-7-13(14)16/h1,6-11H,5H2,2-3H3. The first-order valence-electron chi connectivity index (χ1n) is 6.13. The molecule has 0 saturated carbocycles. The summed E-state index contributed by atoms with van der Waals surface area (Å²) in [5, 5.41) is 0.943. The van der Waals surface area contributed by atoms with Crippen LogP contribution in [-0.4, -0.2) is 16.7 Å². The van der Waals surface area contributed by atoms with E-state index in [2.05, 4.69) is 45.0 Å². The number of nitrogens with zero attached hydrogens (tertiary/aromatic N) is 2. The van der Waals surface area contributed by atoms with E-state index in [0.717, 1.165) is 15.8 Å². The smallest absolute Gasteiger partial charge is 0.173 e. The molecule has 1 unspecified atom stereocenters. The maximum atomic E-state index is 5.39. The Kier molecular flexibility index (Phi) is 5.38. The third-order valence-electron chi connectivity index (χ3n) is 2.86. The van der Waals surface area contributed by atoms with Gasteiger partial charge in [-0.25, -0.2) is 4.98 Å². The van der Waals surface area contributed by atoms with Gasteiger partial charge in [0.05, 0.1) is 7.11 Å². The minimum atomic E-state index is 0.244. The molecule has 0 aliphatic rings. The van der Waals surface area contributed by atoms with Crippen molar-refractivity contribution in [1.29, 1.82) is 0 Å². The van der Waals surface area contributed by atoms with E-state index in [4.69, 9.17) is 11.2 Å². The number of hydrogen-bond acceptors (Lipinski definition) is 3. The van der Waals surface area contributed by atoms with Crippen LogP contribution < -0.4 is 4.74 Å². The molecule has 0 aliphatic heterocycles. The molecule has 0 N–H and O–H groups in total. The van der Waals surface area contributed by atoms with Crippen LogP contribution in [0.2, 0.25) is 0 Å². The maximum Gasteiger partial charge on any atom is 0.173 e. The lowest BCUT2D eigenvalue weighted by Gasteiger charge is -2.14. The van der Waals surface area contributed by atoms with Crippen molar-refractivity contribution in [2.45, 2.75) is 29.4 Å². The second-order valence-electron chi connectivity index (χ2n) is 4.27. The minimum Gasteiger partial charge on any atom is -0.497 e. The quantitative estimate of drug-likeness (QED) is 0.557. The minimum absolute atomic E-state index is 0.244. The van der Waals surface area contributed by atoms with E-state index in [-0.39, 0.29) is 6.04 Å². The van der Waals surface area contributed by atoms with Crippen LogP contribution in [0.3, 0.4) is 0 Å². The zero-order chi connectivity index (χ0) is 14.5. The number of terminal acetylenes is 1. The van der Waals surface area contributed by atoms with Gasteiger partial charge in [-0.1, -0.05) is 11.8 Å². The summed E-state index contributed by atoms with van der Waals surface area (Å²) in [6.07, 6.45) is 9.86. The lowest BCUT2D eigenvalue weighted by atomic mass is 10.2. The van der Waals surface area contributed by atoms with Crippen LogP contribution in [0.1, 0.15) is 19.4 Å². The van der Waals surface area contributed by atoms with Crippen LogP contribution in [0, 0.1) is 15.9 Å². The Hall–Kier alpha value is -1.13. The Balaban J connectivity index is 2.27. The van der Waals surface area contributed by atoms with Crippen LogP contribution in [0.25, 0.3) is 0 Å². The molecule has 1 aromatic carbocycles. The topological polar surface area (TPSA) is 27.1 Å². The molecule has 2 rings (SSSR count). The Morgan fingerprint density at radius 3 is 3.05 bits per heavy atom. The van der Waals surface area contributed by atoms with E-state index in [1.54, 1.807) is 18.9 Å². The van der Waals surface area contributed by atoms with Crippen LogP contribution in [0.15, 0.2) is 40.6 Å². The first-order chi connectivity index (χ1) is 9.65. The average Bonchev–Trinajstić information content (AvgIpc) is 2.90. The van der Waals surface area contributed by atoms with Gasteiger partial charge in [0.1, 0.15) is 5.75 Å². The van der Waals surface area contributed by atoms with Crippen LogP contribution in [-0.2, 0) is 0 Å². The molecule has 5 heteroatoms. The van der Waals surface area contributed by atoms with Gasteiger partial charge in [0.15, 0.2) is 5.16 Å². The third-order valence-corrected chi connectivity index (χ3v) is 5.22. The number of methoxy groups -OCH3 is 1. The number of imidazole rings is 1. The van der Waals surface area contributed by atoms with Gasteiger partial charge in [0.25, 0.3) is 0 Å². The summed E-state index contributed by atoms with van der Waals surface area (Å²) in [6.45, 7) is 2.10. The molecule has 1 atom stereocenters. The number of halogens is 1. The second kappa shape index (κ2) is 7.04. The van der Waals surface area contributed by atoms with Crippen molar-refractivity contribution in [3.8, 4) is 18.1 Å². The fraction of sp³-hybridized carbons (Fsp3) is 0.267. The Morgan fingerprint density at radius 1 is 1.55 bits per heavy atom. The fourth-order valence-electron chi connectivity index (χ4n) is 1.77.